The Labute approximate surface area is 103 Å². The fourth-order valence-corrected chi connectivity index (χ4v) is 2.46. The maximum absolute atomic E-state index is 5.89. The van der Waals surface area contributed by atoms with Crippen molar-refractivity contribution in [2.45, 2.75) is 44.7 Å². The first-order valence-electron chi connectivity index (χ1n) is 6.45. The van der Waals surface area contributed by atoms with Gasteiger partial charge in [0.15, 0.2) is 0 Å². The molecule has 1 aromatic carbocycles. The van der Waals surface area contributed by atoms with E-state index in [-0.39, 0.29) is 0 Å². The molecule has 0 aromatic heterocycles. The van der Waals surface area contributed by atoms with Crippen LogP contribution in [0.25, 0.3) is 0 Å². The molecule has 0 spiro atoms. The Morgan fingerprint density at radius 2 is 2.06 bits per heavy atom. The third kappa shape index (κ3) is 3.37. The number of nitrogen functional groups attached to an aromatic ring is 1. The normalized spacial score (nSPS) is 17.0. The summed E-state index contributed by atoms with van der Waals surface area (Å²) < 4.78 is 5.15. The van der Waals surface area contributed by atoms with Crippen molar-refractivity contribution in [2.75, 3.05) is 12.8 Å². The lowest BCUT2D eigenvalue weighted by Crippen LogP contribution is -2.30. The van der Waals surface area contributed by atoms with Crippen LogP contribution in [0.15, 0.2) is 18.2 Å². The molecule has 0 atom stereocenters. The quantitative estimate of drug-likeness (QED) is 0.787. The van der Waals surface area contributed by atoms with E-state index in [1.807, 2.05) is 12.1 Å². The molecule has 0 aliphatic heterocycles. The Bertz CT molecular complexity index is 359. The predicted molar refractivity (Wildman–Crippen MR) is 71.1 cm³/mol. The van der Waals surface area contributed by atoms with Crippen LogP contribution in [0, 0.1) is 0 Å². The van der Waals surface area contributed by atoms with Crippen LogP contribution in [-0.4, -0.2) is 13.2 Å². The van der Waals surface area contributed by atoms with Gasteiger partial charge in [0.1, 0.15) is 5.75 Å². The summed E-state index contributed by atoms with van der Waals surface area (Å²) in [6, 6.07) is 6.69. The van der Waals surface area contributed by atoms with Gasteiger partial charge >= 0.3 is 0 Å². The molecule has 1 aliphatic rings. The smallest absolute Gasteiger partial charge is 0.141 e. The van der Waals surface area contributed by atoms with Crippen molar-refractivity contribution in [3.63, 3.8) is 0 Å². The minimum absolute atomic E-state index is 0.687. The number of nitrogens with two attached hydrogens (primary N) is 1. The number of benzene rings is 1. The van der Waals surface area contributed by atoms with Gasteiger partial charge in [-0.3, -0.25) is 0 Å². The van der Waals surface area contributed by atoms with Crippen molar-refractivity contribution >= 4 is 5.69 Å². The van der Waals surface area contributed by atoms with Gasteiger partial charge in [0, 0.05) is 12.6 Å². The molecule has 3 N–H and O–H groups in total. The van der Waals surface area contributed by atoms with E-state index in [1.165, 1.54) is 37.7 Å². The SMILES string of the molecule is COc1ccc(CNC2CCCCC2)cc1N. The van der Waals surface area contributed by atoms with E-state index in [1.54, 1.807) is 7.11 Å². The molecule has 1 aliphatic carbocycles. The largest absolute Gasteiger partial charge is 0.495 e. The molecule has 1 fully saturated rings. The van der Waals surface area contributed by atoms with Crippen molar-refractivity contribution in [2.24, 2.45) is 0 Å². The van der Waals surface area contributed by atoms with Crippen molar-refractivity contribution in [1.82, 2.24) is 5.32 Å². The summed E-state index contributed by atoms with van der Waals surface area (Å²) in [6.07, 6.45) is 6.75. The van der Waals surface area contributed by atoms with Gasteiger partial charge < -0.3 is 15.8 Å². The molecule has 0 heterocycles. The van der Waals surface area contributed by atoms with Gasteiger partial charge in [-0.1, -0.05) is 25.3 Å². The van der Waals surface area contributed by atoms with Crippen LogP contribution in [-0.2, 0) is 6.54 Å². The molecule has 3 nitrogen and oxygen atoms in total. The monoisotopic (exact) mass is 234 g/mol. The van der Waals surface area contributed by atoms with Gasteiger partial charge in [0.25, 0.3) is 0 Å². The van der Waals surface area contributed by atoms with Crippen LogP contribution < -0.4 is 15.8 Å². The van der Waals surface area contributed by atoms with Gasteiger partial charge in [0.05, 0.1) is 12.8 Å². The van der Waals surface area contributed by atoms with Crippen LogP contribution in [0.1, 0.15) is 37.7 Å². The Kier molecular flexibility index (Phi) is 4.26. The highest BCUT2D eigenvalue weighted by atomic mass is 16.5. The number of hydrogen-bond acceptors (Lipinski definition) is 3. The highest BCUT2D eigenvalue weighted by Crippen LogP contribution is 2.22. The Morgan fingerprint density at radius 3 is 2.71 bits per heavy atom. The van der Waals surface area contributed by atoms with E-state index in [0.717, 1.165) is 18.0 Å². The van der Waals surface area contributed by atoms with Gasteiger partial charge in [-0.05, 0) is 30.5 Å². The Balaban J connectivity index is 1.87. The van der Waals surface area contributed by atoms with Gasteiger partial charge in [-0.2, -0.15) is 0 Å². The van der Waals surface area contributed by atoms with E-state index in [0.29, 0.717) is 6.04 Å². The van der Waals surface area contributed by atoms with Crippen LogP contribution in [0.2, 0.25) is 0 Å². The lowest BCUT2D eigenvalue weighted by Gasteiger charge is -2.23. The zero-order chi connectivity index (χ0) is 12.1. The summed E-state index contributed by atoms with van der Waals surface area (Å²) in [6.45, 7) is 0.902. The summed E-state index contributed by atoms with van der Waals surface area (Å²) in [4.78, 5) is 0. The summed E-state index contributed by atoms with van der Waals surface area (Å²) >= 11 is 0. The lowest BCUT2D eigenvalue weighted by atomic mass is 9.95. The number of ether oxygens (including phenoxy) is 1. The molecule has 0 saturated heterocycles. The molecule has 3 heteroatoms. The number of anilines is 1. The number of rotatable bonds is 4. The number of hydrogen-bond donors (Lipinski definition) is 2. The average molecular weight is 234 g/mol. The minimum atomic E-state index is 0.687. The highest BCUT2D eigenvalue weighted by molar-refractivity contribution is 5.54. The standard InChI is InChI=1S/C14H22N2O/c1-17-14-8-7-11(9-13(14)15)10-16-12-5-3-2-4-6-12/h7-9,12,16H,2-6,10,15H2,1H3. The molecule has 0 unspecified atom stereocenters. The molecule has 2 rings (SSSR count). The topological polar surface area (TPSA) is 47.3 Å². The third-order valence-corrected chi connectivity index (χ3v) is 3.49. The molecular weight excluding hydrogens is 212 g/mol. The maximum Gasteiger partial charge on any atom is 0.141 e. The highest BCUT2D eigenvalue weighted by Gasteiger charge is 2.12. The van der Waals surface area contributed by atoms with Crippen molar-refractivity contribution in [1.29, 1.82) is 0 Å². The van der Waals surface area contributed by atoms with E-state index < -0.39 is 0 Å². The van der Waals surface area contributed by atoms with E-state index in [2.05, 4.69) is 11.4 Å². The van der Waals surface area contributed by atoms with Crippen LogP contribution in [0.5, 0.6) is 5.75 Å². The number of methoxy groups -OCH3 is 1. The first-order valence-corrected chi connectivity index (χ1v) is 6.45. The predicted octanol–water partition coefficient (Wildman–Crippen LogP) is 2.70. The lowest BCUT2D eigenvalue weighted by molar-refractivity contribution is 0.372. The van der Waals surface area contributed by atoms with Crippen molar-refractivity contribution in [3.05, 3.63) is 23.8 Å². The third-order valence-electron chi connectivity index (χ3n) is 3.49. The van der Waals surface area contributed by atoms with Gasteiger partial charge in [-0.15, -0.1) is 0 Å². The molecule has 17 heavy (non-hydrogen) atoms. The average Bonchev–Trinajstić information content (AvgIpc) is 2.38. The molecule has 94 valence electrons. The fraction of sp³-hybridized carbons (Fsp3) is 0.571. The molecular formula is C14H22N2O. The molecule has 0 amide bonds. The number of nitrogens with one attached hydrogen (secondary N) is 1. The second-order valence-corrected chi connectivity index (χ2v) is 4.79. The molecule has 0 radical (unpaired) electrons. The fourth-order valence-electron chi connectivity index (χ4n) is 2.46. The summed E-state index contributed by atoms with van der Waals surface area (Å²) in [5.74, 6) is 0.756. The van der Waals surface area contributed by atoms with Crippen LogP contribution in [0.3, 0.4) is 0 Å². The first kappa shape index (κ1) is 12.2. The molecule has 0 bridgehead atoms. The van der Waals surface area contributed by atoms with Crippen LogP contribution in [0.4, 0.5) is 5.69 Å². The molecule has 1 saturated carbocycles. The molecule has 1 aromatic rings. The van der Waals surface area contributed by atoms with E-state index >= 15 is 0 Å². The maximum atomic E-state index is 5.89. The second-order valence-electron chi connectivity index (χ2n) is 4.79. The van der Waals surface area contributed by atoms with Crippen molar-refractivity contribution in [3.8, 4) is 5.75 Å². The second kappa shape index (κ2) is 5.92. The zero-order valence-corrected chi connectivity index (χ0v) is 10.5. The van der Waals surface area contributed by atoms with Crippen molar-refractivity contribution < 1.29 is 4.74 Å². The summed E-state index contributed by atoms with van der Waals surface area (Å²) in [7, 11) is 1.64. The van der Waals surface area contributed by atoms with Crippen LogP contribution >= 0.6 is 0 Å². The summed E-state index contributed by atoms with van der Waals surface area (Å²) in [5.41, 5.74) is 7.84. The van der Waals surface area contributed by atoms with E-state index in [4.69, 9.17) is 10.5 Å². The van der Waals surface area contributed by atoms with Gasteiger partial charge in [-0.25, -0.2) is 0 Å². The summed E-state index contributed by atoms with van der Waals surface area (Å²) in [5, 5.41) is 3.61. The van der Waals surface area contributed by atoms with E-state index in [9.17, 15) is 0 Å². The Hall–Kier alpha value is -1.22. The minimum Gasteiger partial charge on any atom is -0.495 e. The van der Waals surface area contributed by atoms with Gasteiger partial charge in [0.2, 0.25) is 0 Å². The zero-order valence-electron chi connectivity index (χ0n) is 10.5. The Morgan fingerprint density at radius 1 is 1.29 bits per heavy atom. The first-order chi connectivity index (χ1) is 8.29.